The summed E-state index contributed by atoms with van der Waals surface area (Å²) in [6.45, 7) is 5.79. The van der Waals surface area contributed by atoms with Crippen molar-refractivity contribution in [2.75, 3.05) is 0 Å². The van der Waals surface area contributed by atoms with Crippen molar-refractivity contribution >= 4 is 28.8 Å². The van der Waals surface area contributed by atoms with E-state index in [2.05, 4.69) is 34.8 Å². The summed E-state index contributed by atoms with van der Waals surface area (Å²) in [5, 5.41) is 1.14. The summed E-state index contributed by atoms with van der Waals surface area (Å²) >= 11 is 1.46. The molecule has 1 aromatic heterocycles. The minimum atomic E-state index is -0.428. The van der Waals surface area contributed by atoms with Gasteiger partial charge in [-0.1, -0.05) is 35.9 Å². The molecule has 0 saturated heterocycles. The summed E-state index contributed by atoms with van der Waals surface area (Å²) in [5.41, 5.74) is 3.39. The van der Waals surface area contributed by atoms with Gasteiger partial charge in [-0.3, -0.25) is 4.79 Å². The second-order valence-electron chi connectivity index (χ2n) is 6.63. The number of H-pyrrole nitrogens is 1. The van der Waals surface area contributed by atoms with Crippen molar-refractivity contribution in [3.63, 3.8) is 0 Å². The molecule has 136 valence electrons. The Kier molecular flexibility index (Phi) is 6.01. The molecule has 0 aliphatic carbocycles. The summed E-state index contributed by atoms with van der Waals surface area (Å²) in [5.74, 6) is -0.232. The van der Waals surface area contributed by atoms with E-state index < -0.39 is 6.04 Å². The number of fused-ring (bicyclic) bond motifs is 1. The number of para-hydroxylation sites is 1. The van der Waals surface area contributed by atoms with Crippen LogP contribution in [-0.4, -0.2) is 23.1 Å². The SMILES string of the molecule is Cc1ccc(SN[C@@H](Cc2c[nH]c3ccccc23)C(=O)OC(C)C)cc1. The molecule has 2 N–H and O–H groups in total. The minimum Gasteiger partial charge on any atom is -0.462 e. The highest BCUT2D eigenvalue weighted by atomic mass is 32.2. The summed E-state index contributed by atoms with van der Waals surface area (Å²) in [6, 6.07) is 15.9. The van der Waals surface area contributed by atoms with Crippen molar-refractivity contribution in [1.29, 1.82) is 0 Å². The molecule has 0 fully saturated rings. The second kappa shape index (κ2) is 8.43. The fourth-order valence-corrected chi connectivity index (χ4v) is 3.48. The number of hydrogen-bond acceptors (Lipinski definition) is 4. The molecule has 26 heavy (non-hydrogen) atoms. The first kappa shape index (κ1) is 18.5. The van der Waals surface area contributed by atoms with Crippen LogP contribution in [0.3, 0.4) is 0 Å². The van der Waals surface area contributed by atoms with E-state index in [0.717, 1.165) is 21.4 Å². The van der Waals surface area contributed by atoms with Gasteiger partial charge < -0.3 is 9.72 Å². The molecule has 0 unspecified atom stereocenters. The molecular weight excluding hydrogens is 344 g/mol. The lowest BCUT2D eigenvalue weighted by Gasteiger charge is -2.18. The number of ether oxygens (including phenoxy) is 1. The number of hydrogen-bond donors (Lipinski definition) is 2. The van der Waals surface area contributed by atoms with Gasteiger partial charge in [-0.25, -0.2) is 4.72 Å². The molecule has 4 nitrogen and oxygen atoms in total. The Morgan fingerprint density at radius 3 is 2.62 bits per heavy atom. The van der Waals surface area contributed by atoms with Gasteiger partial charge in [0, 0.05) is 28.4 Å². The topological polar surface area (TPSA) is 54.1 Å². The molecule has 0 spiro atoms. The number of carbonyl (C=O) groups is 1. The van der Waals surface area contributed by atoms with E-state index >= 15 is 0 Å². The monoisotopic (exact) mass is 368 g/mol. The van der Waals surface area contributed by atoms with Gasteiger partial charge >= 0.3 is 5.97 Å². The number of rotatable bonds is 7. The van der Waals surface area contributed by atoms with Crippen LogP contribution < -0.4 is 4.72 Å². The van der Waals surface area contributed by atoms with Crippen LogP contribution in [0.1, 0.15) is 25.0 Å². The van der Waals surface area contributed by atoms with Gasteiger partial charge in [-0.15, -0.1) is 0 Å². The fraction of sp³-hybridized carbons (Fsp3) is 0.286. The van der Waals surface area contributed by atoms with Crippen LogP contribution in [0.25, 0.3) is 10.9 Å². The summed E-state index contributed by atoms with van der Waals surface area (Å²) in [4.78, 5) is 16.9. The first-order chi connectivity index (χ1) is 12.5. The van der Waals surface area contributed by atoms with E-state index in [0.29, 0.717) is 6.42 Å². The lowest BCUT2D eigenvalue weighted by atomic mass is 10.1. The van der Waals surface area contributed by atoms with Gasteiger partial charge in [0.25, 0.3) is 0 Å². The van der Waals surface area contributed by atoms with Crippen molar-refractivity contribution in [2.24, 2.45) is 0 Å². The van der Waals surface area contributed by atoms with Crippen molar-refractivity contribution in [2.45, 2.75) is 44.2 Å². The van der Waals surface area contributed by atoms with E-state index in [1.807, 2.05) is 50.4 Å². The normalized spacial score (nSPS) is 12.5. The third-order valence-electron chi connectivity index (χ3n) is 4.08. The van der Waals surface area contributed by atoms with Crippen LogP contribution >= 0.6 is 11.9 Å². The van der Waals surface area contributed by atoms with Gasteiger partial charge in [0.1, 0.15) is 6.04 Å². The Balaban J connectivity index is 1.76. The molecule has 0 saturated carbocycles. The molecule has 1 heterocycles. The van der Waals surface area contributed by atoms with Gasteiger partial charge in [0.2, 0.25) is 0 Å². The zero-order valence-electron chi connectivity index (χ0n) is 15.3. The van der Waals surface area contributed by atoms with Crippen LogP contribution in [-0.2, 0) is 16.0 Å². The van der Waals surface area contributed by atoms with Crippen LogP contribution in [0, 0.1) is 6.92 Å². The largest absolute Gasteiger partial charge is 0.462 e. The highest BCUT2D eigenvalue weighted by Gasteiger charge is 2.23. The van der Waals surface area contributed by atoms with E-state index in [1.165, 1.54) is 17.5 Å². The zero-order chi connectivity index (χ0) is 18.5. The third kappa shape index (κ3) is 4.68. The Bertz CT molecular complexity index is 871. The molecule has 0 aliphatic rings. The molecule has 0 radical (unpaired) electrons. The van der Waals surface area contributed by atoms with Crippen LogP contribution in [0.4, 0.5) is 0 Å². The van der Waals surface area contributed by atoms with Gasteiger partial charge in [-0.05, 0) is 56.5 Å². The molecule has 1 atom stereocenters. The zero-order valence-corrected chi connectivity index (χ0v) is 16.1. The van der Waals surface area contributed by atoms with Crippen molar-refractivity contribution in [1.82, 2.24) is 9.71 Å². The maximum absolute atomic E-state index is 12.6. The molecule has 2 aromatic carbocycles. The van der Waals surface area contributed by atoms with E-state index in [9.17, 15) is 4.79 Å². The summed E-state index contributed by atoms with van der Waals surface area (Å²) < 4.78 is 8.75. The van der Waals surface area contributed by atoms with Crippen molar-refractivity contribution in [3.8, 4) is 0 Å². The van der Waals surface area contributed by atoms with Crippen LogP contribution in [0.5, 0.6) is 0 Å². The van der Waals surface area contributed by atoms with Crippen molar-refractivity contribution in [3.05, 3.63) is 65.9 Å². The highest BCUT2D eigenvalue weighted by molar-refractivity contribution is 7.97. The molecule has 3 aromatic rings. The number of esters is 1. The number of aryl methyl sites for hydroxylation is 1. The third-order valence-corrected chi connectivity index (χ3v) is 4.99. The van der Waals surface area contributed by atoms with Crippen LogP contribution in [0.15, 0.2) is 59.6 Å². The molecule has 0 aliphatic heterocycles. The molecule has 0 bridgehead atoms. The number of aromatic nitrogens is 1. The second-order valence-corrected chi connectivity index (χ2v) is 7.55. The van der Waals surface area contributed by atoms with Gasteiger partial charge in [0.15, 0.2) is 0 Å². The Hall–Kier alpha value is -2.24. The Morgan fingerprint density at radius 2 is 1.88 bits per heavy atom. The Morgan fingerprint density at radius 1 is 1.15 bits per heavy atom. The first-order valence-electron chi connectivity index (χ1n) is 8.77. The average molecular weight is 369 g/mol. The maximum atomic E-state index is 12.6. The molecule has 0 amide bonds. The molecule has 5 heteroatoms. The minimum absolute atomic E-state index is 0.140. The van der Waals surface area contributed by atoms with Crippen LogP contribution in [0.2, 0.25) is 0 Å². The summed E-state index contributed by atoms with van der Waals surface area (Å²) in [7, 11) is 0. The highest BCUT2D eigenvalue weighted by Crippen LogP contribution is 2.22. The van der Waals surface area contributed by atoms with E-state index in [1.54, 1.807) is 0 Å². The predicted octanol–water partition coefficient (Wildman–Crippen LogP) is 4.64. The smallest absolute Gasteiger partial charge is 0.324 e. The average Bonchev–Trinajstić information content (AvgIpc) is 3.02. The number of aromatic amines is 1. The Labute approximate surface area is 158 Å². The summed E-state index contributed by atoms with van der Waals surface area (Å²) in [6.07, 6.45) is 2.40. The van der Waals surface area contributed by atoms with E-state index in [-0.39, 0.29) is 12.1 Å². The lowest BCUT2D eigenvalue weighted by molar-refractivity contribution is -0.149. The van der Waals surface area contributed by atoms with E-state index in [4.69, 9.17) is 4.74 Å². The van der Waals surface area contributed by atoms with Gasteiger partial charge in [-0.2, -0.15) is 0 Å². The fourth-order valence-electron chi connectivity index (χ4n) is 2.75. The lowest BCUT2D eigenvalue weighted by Crippen LogP contribution is -2.37. The number of benzene rings is 2. The number of nitrogens with one attached hydrogen (secondary N) is 2. The number of carbonyl (C=O) groups excluding carboxylic acids is 1. The quantitative estimate of drug-likeness (QED) is 0.471. The van der Waals surface area contributed by atoms with Crippen molar-refractivity contribution < 1.29 is 9.53 Å². The molecule has 3 rings (SSSR count). The predicted molar refractivity (Wildman–Crippen MR) is 107 cm³/mol. The first-order valence-corrected chi connectivity index (χ1v) is 9.59. The van der Waals surface area contributed by atoms with Gasteiger partial charge in [0.05, 0.1) is 6.10 Å². The maximum Gasteiger partial charge on any atom is 0.324 e. The standard InChI is InChI=1S/C21H24N2O2S/c1-14(2)25-21(24)20(23-26-17-10-8-15(3)9-11-17)12-16-13-22-19-7-5-4-6-18(16)19/h4-11,13-14,20,22-23H,12H2,1-3H3/t20-/m0/s1. The molecular formula is C21H24N2O2S.